The maximum atomic E-state index is 13.4. The lowest BCUT2D eigenvalue weighted by atomic mass is 10.1. The van der Waals surface area contributed by atoms with E-state index in [-0.39, 0.29) is 17.8 Å². The Kier molecular flexibility index (Phi) is 2.86. The average Bonchev–Trinajstić information content (AvgIpc) is 2.84. The van der Waals surface area contributed by atoms with Gasteiger partial charge >= 0.3 is 6.03 Å². The molecule has 2 amide bonds. The number of amides is 2. The number of rotatable bonds is 2. The van der Waals surface area contributed by atoms with Gasteiger partial charge in [-0.05, 0) is 12.1 Å². The summed E-state index contributed by atoms with van der Waals surface area (Å²) < 4.78 is 15.1. The normalized spacial score (nSPS) is 15.1. The highest BCUT2D eigenvalue weighted by Gasteiger charge is 2.32. The summed E-state index contributed by atoms with van der Waals surface area (Å²) in [7, 11) is 0. The van der Waals surface area contributed by atoms with Gasteiger partial charge in [0.05, 0.1) is 17.9 Å². The number of aromatic nitrogens is 3. The minimum absolute atomic E-state index is 0.147. The molecule has 0 aliphatic carbocycles. The largest absolute Gasteiger partial charge is 0.322 e. The number of benzene rings is 1. The van der Waals surface area contributed by atoms with Gasteiger partial charge in [0.15, 0.2) is 0 Å². The van der Waals surface area contributed by atoms with Crippen LogP contribution in [0.3, 0.4) is 0 Å². The first kappa shape index (κ1) is 11.6. The summed E-state index contributed by atoms with van der Waals surface area (Å²) in [5.41, 5.74) is 0.191. The summed E-state index contributed by atoms with van der Waals surface area (Å²) >= 11 is 0. The van der Waals surface area contributed by atoms with Crippen molar-refractivity contribution in [2.24, 2.45) is 0 Å². The lowest BCUT2D eigenvalue weighted by Gasteiger charge is -2.38. The highest BCUT2D eigenvalue weighted by atomic mass is 19.1. The van der Waals surface area contributed by atoms with E-state index in [1.807, 2.05) is 0 Å². The SMILES string of the molecule is O=C(Nc1ccccc1F)N1CC(n2ccnn2)C1. The molecule has 0 radical (unpaired) electrons. The van der Waals surface area contributed by atoms with Crippen LogP contribution in [0.2, 0.25) is 0 Å². The Morgan fingerprint density at radius 1 is 1.37 bits per heavy atom. The van der Waals surface area contributed by atoms with Crippen LogP contribution < -0.4 is 5.32 Å². The number of nitrogens with one attached hydrogen (secondary N) is 1. The molecule has 1 aliphatic rings. The first-order valence-corrected chi connectivity index (χ1v) is 5.90. The van der Waals surface area contributed by atoms with Crippen molar-refractivity contribution < 1.29 is 9.18 Å². The average molecular weight is 261 g/mol. The van der Waals surface area contributed by atoms with E-state index in [0.717, 1.165) is 0 Å². The van der Waals surface area contributed by atoms with Crippen molar-refractivity contribution in [3.8, 4) is 0 Å². The van der Waals surface area contributed by atoms with Crippen LogP contribution in [0.15, 0.2) is 36.7 Å². The molecule has 0 atom stereocenters. The van der Waals surface area contributed by atoms with Crippen molar-refractivity contribution in [2.45, 2.75) is 6.04 Å². The van der Waals surface area contributed by atoms with E-state index in [1.165, 1.54) is 12.1 Å². The molecule has 0 spiro atoms. The van der Waals surface area contributed by atoms with E-state index in [9.17, 15) is 9.18 Å². The highest BCUT2D eigenvalue weighted by Crippen LogP contribution is 2.21. The Balaban J connectivity index is 1.57. The van der Waals surface area contributed by atoms with Crippen molar-refractivity contribution >= 4 is 11.7 Å². The van der Waals surface area contributed by atoms with E-state index in [2.05, 4.69) is 15.6 Å². The van der Waals surface area contributed by atoms with Gasteiger partial charge in [0.2, 0.25) is 0 Å². The lowest BCUT2D eigenvalue weighted by molar-refractivity contribution is 0.127. The second-order valence-corrected chi connectivity index (χ2v) is 4.35. The Morgan fingerprint density at radius 2 is 2.16 bits per heavy atom. The Morgan fingerprint density at radius 3 is 2.84 bits per heavy atom. The summed E-state index contributed by atoms with van der Waals surface area (Å²) in [5, 5.41) is 10.1. The molecule has 2 aromatic rings. The molecule has 6 nitrogen and oxygen atoms in total. The summed E-state index contributed by atoms with van der Waals surface area (Å²) in [6, 6.07) is 5.93. The smallest absolute Gasteiger partial charge is 0.320 e. The molecular weight excluding hydrogens is 249 g/mol. The molecule has 1 fully saturated rings. The third-order valence-corrected chi connectivity index (χ3v) is 3.08. The highest BCUT2D eigenvalue weighted by molar-refractivity contribution is 5.90. The molecule has 19 heavy (non-hydrogen) atoms. The van der Waals surface area contributed by atoms with Crippen molar-refractivity contribution in [3.63, 3.8) is 0 Å². The van der Waals surface area contributed by atoms with Crippen LogP contribution in [0.1, 0.15) is 6.04 Å². The molecule has 7 heteroatoms. The summed E-state index contributed by atoms with van der Waals surface area (Å²) in [5.74, 6) is -0.441. The molecule has 0 bridgehead atoms. The number of para-hydroxylation sites is 1. The zero-order valence-electron chi connectivity index (χ0n) is 10.0. The molecule has 0 saturated carbocycles. The number of nitrogens with zero attached hydrogens (tertiary/aromatic N) is 4. The number of halogens is 1. The van der Waals surface area contributed by atoms with Crippen molar-refractivity contribution in [1.82, 2.24) is 19.9 Å². The van der Waals surface area contributed by atoms with E-state index in [0.29, 0.717) is 13.1 Å². The van der Waals surface area contributed by atoms with Gasteiger partial charge in [0.1, 0.15) is 5.82 Å². The molecule has 98 valence electrons. The number of hydrogen-bond donors (Lipinski definition) is 1. The van der Waals surface area contributed by atoms with Gasteiger partial charge in [0.25, 0.3) is 0 Å². The monoisotopic (exact) mass is 261 g/mol. The van der Waals surface area contributed by atoms with Crippen LogP contribution in [0.4, 0.5) is 14.9 Å². The van der Waals surface area contributed by atoms with E-state index in [4.69, 9.17) is 0 Å². The second-order valence-electron chi connectivity index (χ2n) is 4.35. The van der Waals surface area contributed by atoms with E-state index < -0.39 is 5.82 Å². The van der Waals surface area contributed by atoms with Crippen LogP contribution in [0.25, 0.3) is 0 Å². The van der Waals surface area contributed by atoms with Crippen LogP contribution in [-0.4, -0.2) is 39.0 Å². The fourth-order valence-corrected chi connectivity index (χ4v) is 1.96. The standard InChI is InChI=1S/C12H12FN5O/c13-10-3-1-2-4-11(10)15-12(19)17-7-9(8-17)18-6-5-14-16-18/h1-6,9H,7-8H2,(H,15,19). The van der Waals surface area contributed by atoms with Crippen LogP contribution in [-0.2, 0) is 0 Å². The summed E-state index contributed by atoms with van der Waals surface area (Å²) in [6.07, 6.45) is 3.36. The van der Waals surface area contributed by atoms with Gasteiger partial charge in [-0.3, -0.25) is 0 Å². The molecule has 1 aromatic heterocycles. The van der Waals surface area contributed by atoms with Crippen molar-refractivity contribution in [2.75, 3.05) is 18.4 Å². The van der Waals surface area contributed by atoms with Crippen molar-refractivity contribution in [3.05, 3.63) is 42.5 Å². The zero-order chi connectivity index (χ0) is 13.2. The minimum atomic E-state index is -0.441. The third kappa shape index (κ3) is 2.26. The van der Waals surface area contributed by atoms with Gasteiger partial charge in [-0.1, -0.05) is 17.3 Å². The molecule has 1 saturated heterocycles. The minimum Gasteiger partial charge on any atom is -0.320 e. The van der Waals surface area contributed by atoms with Gasteiger partial charge in [-0.25, -0.2) is 13.9 Å². The summed E-state index contributed by atoms with van der Waals surface area (Å²) in [4.78, 5) is 13.5. The topological polar surface area (TPSA) is 63.1 Å². The number of urea groups is 1. The molecule has 3 rings (SSSR count). The molecule has 2 heterocycles. The second kappa shape index (κ2) is 4.68. The van der Waals surface area contributed by atoms with Crippen molar-refractivity contribution in [1.29, 1.82) is 0 Å². The van der Waals surface area contributed by atoms with Crippen LogP contribution in [0.5, 0.6) is 0 Å². The van der Waals surface area contributed by atoms with Gasteiger partial charge in [-0.2, -0.15) is 0 Å². The third-order valence-electron chi connectivity index (χ3n) is 3.08. The Labute approximate surface area is 108 Å². The molecule has 0 unspecified atom stereocenters. The Bertz CT molecular complexity index is 580. The van der Waals surface area contributed by atoms with E-state index >= 15 is 0 Å². The number of hydrogen-bond acceptors (Lipinski definition) is 3. The van der Waals surface area contributed by atoms with Crippen LogP contribution >= 0.6 is 0 Å². The van der Waals surface area contributed by atoms with Gasteiger partial charge in [-0.15, -0.1) is 5.10 Å². The number of carbonyl (C=O) groups is 1. The molecule has 1 N–H and O–H groups in total. The quantitative estimate of drug-likeness (QED) is 0.891. The molecular formula is C12H12FN5O. The fourth-order valence-electron chi connectivity index (χ4n) is 1.96. The molecule has 1 aromatic carbocycles. The first-order chi connectivity index (χ1) is 9.24. The summed E-state index contributed by atoms with van der Waals surface area (Å²) in [6.45, 7) is 1.09. The van der Waals surface area contributed by atoms with Gasteiger partial charge in [0, 0.05) is 19.3 Å². The maximum absolute atomic E-state index is 13.4. The van der Waals surface area contributed by atoms with E-state index in [1.54, 1.807) is 34.1 Å². The maximum Gasteiger partial charge on any atom is 0.322 e. The first-order valence-electron chi connectivity index (χ1n) is 5.90. The zero-order valence-corrected chi connectivity index (χ0v) is 10.0. The number of anilines is 1. The number of carbonyl (C=O) groups excluding carboxylic acids is 1. The fraction of sp³-hybridized carbons (Fsp3) is 0.250. The lowest BCUT2D eigenvalue weighted by Crippen LogP contribution is -2.52. The predicted molar refractivity (Wildman–Crippen MR) is 66.1 cm³/mol. The predicted octanol–water partition coefficient (Wildman–Crippen LogP) is 1.51. The Hall–Kier alpha value is -2.44. The molecule has 1 aliphatic heterocycles. The number of likely N-dealkylation sites (tertiary alicyclic amines) is 1. The van der Waals surface area contributed by atoms with Crippen LogP contribution in [0, 0.1) is 5.82 Å². The van der Waals surface area contributed by atoms with Gasteiger partial charge < -0.3 is 10.2 Å².